The lowest BCUT2D eigenvalue weighted by Crippen LogP contribution is -2.55. The van der Waals surface area contributed by atoms with Gasteiger partial charge in [0.15, 0.2) is 21.5 Å². The molecule has 2 aromatic carbocycles. The second-order valence-electron chi connectivity index (χ2n) is 11.1. The summed E-state index contributed by atoms with van der Waals surface area (Å²) in [6, 6.07) is 6.63. The lowest BCUT2D eigenvalue weighted by atomic mass is 9.74. The molecule has 39 heavy (non-hydrogen) atoms. The number of carbonyl (C=O) groups excluding carboxylic acids is 2. The van der Waals surface area contributed by atoms with Crippen LogP contribution in [0, 0.1) is 23.5 Å². The van der Waals surface area contributed by atoms with Gasteiger partial charge in [0.25, 0.3) is 5.91 Å². The molecule has 0 spiro atoms. The minimum Gasteiger partial charge on any atom is -0.390 e. The SMILES string of the molecule is CC(C)(O)CC(=O)NC[C@]1(O)C2CC[C@@H]1C[C@@H](S(=O)(=O)c1cc(C(=O)Nc3ccc(F)c(F)c3)ccc1Cl)C2. The summed E-state index contributed by atoms with van der Waals surface area (Å²) in [6.45, 7) is 2.98. The van der Waals surface area contributed by atoms with Gasteiger partial charge in [-0.25, -0.2) is 17.2 Å². The van der Waals surface area contributed by atoms with Gasteiger partial charge in [-0.05, 0) is 81.7 Å². The third kappa shape index (κ3) is 6.26. The zero-order chi connectivity index (χ0) is 28.8. The van der Waals surface area contributed by atoms with Crippen molar-refractivity contribution in [2.75, 3.05) is 11.9 Å². The first kappa shape index (κ1) is 29.4. The molecule has 0 aromatic heterocycles. The summed E-state index contributed by atoms with van der Waals surface area (Å²) in [5.74, 6) is -4.10. The number of nitrogens with one attached hydrogen (secondary N) is 2. The van der Waals surface area contributed by atoms with Crippen LogP contribution in [0.2, 0.25) is 5.02 Å². The molecule has 4 atom stereocenters. The van der Waals surface area contributed by atoms with Gasteiger partial charge >= 0.3 is 0 Å². The number of halogens is 3. The van der Waals surface area contributed by atoms with Crippen LogP contribution in [-0.2, 0) is 14.6 Å². The zero-order valence-corrected chi connectivity index (χ0v) is 23.1. The minimum atomic E-state index is -4.02. The number of sulfone groups is 1. The third-order valence-electron chi connectivity index (χ3n) is 7.65. The maximum absolute atomic E-state index is 13.7. The Hall–Kier alpha value is -2.60. The summed E-state index contributed by atoms with van der Waals surface area (Å²) >= 11 is 6.27. The molecule has 8 nitrogen and oxygen atoms in total. The number of hydrogen-bond acceptors (Lipinski definition) is 6. The molecule has 4 rings (SSSR count). The quantitative estimate of drug-likeness (QED) is 0.373. The van der Waals surface area contributed by atoms with Gasteiger partial charge in [0.2, 0.25) is 5.91 Å². The van der Waals surface area contributed by atoms with E-state index in [0.29, 0.717) is 12.8 Å². The molecule has 4 N–H and O–H groups in total. The van der Waals surface area contributed by atoms with Crippen molar-refractivity contribution in [3.8, 4) is 0 Å². The van der Waals surface area contributed by atoms with E-state index in [-0.39, 0.29) is 58.8 Å². The molecule has 2 amide bonds. The van der Waals surface area contributed by atoms with E-state index in [2.05, 4.69) is 10.6 Å². The van der Waals surface area contributed by atoms with Gasteiger partial charge < -0.3 is 20.8 Å². The lowest BCUT2D eigenvalue weighted by molar-refractivity contribution is -0.128. The maximum Gasteiger partial charge on any atom is 0.255 e. The van der Waals surface area contributed by atoms with Crippen LogP contribution < -0.4 is 10.6 Å². The fourth-order valence-electron chi connectivity index (χ4n) is 5.67. The lowest BCUT2D eigenvalue weighted by Gasteiger charge is -2.42. The van der Waals surface area contributed by atoms with Crippen LogP contribution in [0.5, 0.6) is 0 Å². The molecule has 0 saturated heterocycles. The highest BCUT2D eigenvalue weighted by Crippen LogP contribution is 2.52. The third-order valence-corrected chi connectivity index (χ3v) is 10.3. The van der Waals surface area contributed by atoms with Crippen LogP contribution in [-0.4, -0.2) is 53.4 Å². The summed E-state index contributed by atoms with van der Waals surface area (Å²) in [6.07, 6.45) is 1.36. The number of carbonyl (C=O) groups is 2. The molecule has 2 aliphatic carbocycles. The van der Waals surface area contributed by atoms with Gasteiger partial charge in [-0.1, -0.05) is 11.6 Å². The number of rotatable bonds is 8. The van der Waals surface area contributed by atoms with Crippen LogP contribution in [0.25, 0.3) is 0 Å². The van der Waals surface area contributed by atoms with Crippen LogP contribution >= 0.6 is 11.6 Å². The number of hydrogen-bond donors (Lipinski definition) is 4. The van der Waals surface area contributed by atoms with E-state index in [1.165, 1.54) is 32.0 Å². The van der Waals surface area contributed by atoms with E-state index < -0.39 is 49.7 Å². The second kappa shape index (κ2) is 10.8. The van der Waals surface area contributed by atoms with Crippen molar-refractivity contribution < 1.29 is 37.0 Å². The first-order valence-corrected chi connectivity index (χ1v) is 14.5. The van der Waals surface area contributed by atoms with Crippen LogP contribution in [0.15, 0.2) is 41.3 Å². The van der Waals surface area contributed by atoms with E-state index in [9.17, 15) is 37.0 Å². The standard InChI is InChI=1S/C27H31ClF2N2O6S/c1-26(2,35)13-24(33)31-14-27(36)16-4-5-17(27)11-19(10-16)39(37,38)23-9-15(3-7-20(23)28)25(34)32-18-6-8-21(29)22(30)12-18/h3,6-9,12,16-17,19,35-36H,4-5,10-11,13-14H2,1-2H3,(H,31,33)(H,32,34)/t16-,17?,19-,27-/m1/s1. The highest BCUT2D eigenvalue weighted by atomic mass is 35.5. The van der Waals surface area contributed by atoms with Gasteiger partial charge in [-0.2, -0.15) is 0 Å². The van der Waals surface area contributed by atoms with Crippen molar-refractivity contribution in [2.24, 2.45) is 11.8 Å². The average Bonchev–Trinajstić information content (AvgIpc) is 3.00. The number of amides is 2. The number of fused-ring (bicyclic) bond motifs is 2. The molecule has 0 radical (unpaired) electrons. The Labute approximate surface area is 230 Å². The summed E-state index contributed by atoms with van der Waals surface area (Å²) in [5.41, 5.74) is -2.50. The van der Waals surface area contributed by atoms with E-state index in [4.69, 9.17) is 11.6 Å². The second-order valence-corrected chi connectivity index (χ2v) is 13.7. The fraction of sp³-hybridized carbons (Fsp3) is 0.481. The first-order chi connectivity index (χ1) is 18.1. The molecule has 2 aromatic rings. The molecule has 12 heteroatoms. The smallest absolute Gasteiger partial charge is 0.255 e. The highest BCUT2D eigenvalue weighted by molar-refractivity contribution is 7.92. The van der Waals surface area contributed by atoms with Crippen molar-refractivity contribution in [1.82, 2.24) is 5.32 Å². The van der Waals surface area contributed by atoms with Crippen LogP contribution in [0.3, 0.4) is 0 Å². The molecule has 0 heterocycles. The van der Waals surface area contributed by atoms with Gasteiger partial charge in [-0.15, -0.1) is 0 Å². The van der Waals surface area contributed by atoms with E-state index in [1.54, 1.807) is 0 Å². The molecule has 2 bridgehead atoms. The van der Waals surface area contributed by atoms with Crippen molar-refractivity contribution in [3.05, 3.63) is 58.6 Å². The van der Waals surface area contributed by atoms with Gasteiger partial charge in [0.05, 0.1) is 32.8 Å². The van der Waals surface area contributed by atoms with E-state index in [1.807, 2.05) is 0 Å². The Morgan fingerprint density at radius 3 is 2.31 bits per heavy atom. The number of anilines is 1. The average molecular weight is 585 g/mol. The molecule has 0 aliphatic heterocycles. The number of benzene rings is 2. The van der Waals surface area contributed by atoms with Crippen LogP contribution in [0.4, 0.5) is 14.5 Å². The Morgan fingerprint density at radius 1 is 1.08 bits per heavy atom. The van der Waals surface area contributed by atoms with Crippen molar-refractivity contribution in [2.45, 2.75) is 67.3 Å². The minimum absolute atomic E-state index is 0.00367. The van der Waals surface area contributed by atoms with E-state index in [0.717, 1.165) is 18.2 Å². The monoisotopic (exact) mass is 584 g/mol. The summed E-state index contributed by atoms with van der Waals surface area (Å²) in [5, 5.41) is 25.4. The Kier molecular flexibility index (Phi) is 8.11. The Balaban J connectivity index is 1.50. The summed E-state index contributed by atoms with van der Waals surface area (Å²) < 4.78 is 54.1. The zero-order valence-electron chi connectivity index (χ0n) is 21.5. The summed E-state index contributed by atoms with van der Waals surface area (Å²) in [7, 11) is -4.02. The number of aliphatic hydroxyl groups is 2. The van der Waals surface area contributed by atoms with Crippen molar-refractivity contribution >= 4 is 38.9 Å². The summed E-state index contributed by atoms with van der Waals surface area (Å²) in [4.78, 5) is 24.7. The van der Waals surface area contributed by atoms with E-state index >= 15 is 0 Å². The van der Waals surface area contributed by atoms with Gasteiger partial charge in [0, 0.05) is 23.9 Å². The first-order valence-electron chi connectivity index (χ1n) is 12.6. The predicted molar refractivity (Wildman–Crippen MR) is 141 cm³/mol. The maximum atomic E-state index is 13.7. The predicted octanol–water partition coefficient (Wildman–Crippen LogP) is 3.84. The van der Waals surface area contributed by atoms with Crippen LogP contribution in [0.1, 0.15) is 56.3 Å². The van der Waals surface area contributed by atoms with Gasteiger partial charge in [0.1, 0.15) is 0 Å². The Morgan fingerprint density at radius 2 is 1.72 bits per heavy atom. The molecule has 2 aliphatic rings. The molecule has 2 fully saturated rings. The van der Waals surface area contributed by atoms with Gasteiger partial charge in [-0.3, -0.25) is 9.59 Å². The molecule has 1 unspecified atom stereocenters. The largest absolute Gasteiger partial charge is 0.390 e. The topological polar surface area (TPSA) is 133 Å². The molecule has 2 saturated carbocycles. The normalized spacial score (nSPS) is 24.8. The fourth-order valence-corrected chi connectivity index (χ4v) is 8.07. The molecular weight excluding hydrogens is 554 g/mol. The Bertz CT molecular complexity index is 1380. The highest BCUT2D eigenvalue weighted by Gasteiger charge is 2.55. The molecule has 212 valence electrons. The van der Waals surface area contributed by atoms with Crippen molar-refractivity contribution in [1.29, 1.82) is 0 Å². The molecular formula is C27H31ClF2N2O6S. The van der Waals surface area contributed by atoms with Crippen molar-refractivity contribution in [3.63, 3.8) is 0 Å².